The zero-order valence-electron chi connectivity index (χ0n) is 11.0. The summed E-state index contributed by atoms with van der Waals surface area (Å²) < 4.78 is 37.5. The Bertz CT molecular complexity index is 549. The normalized spacial score (nSPS) is 11.8. The molecule has 0 unspecified atom stereocenters. The molecule has 0 aliphatic carbocycles. The molecule has 2 aromatic rings. The number of hydrogen-bond donors (Lipinski definition) is 1. The van der Waals surface area contributed by atoms with E-state index >= 15 is 0 Å². The van der Waals surface area contributed by atoms with Crippen molar-refractivity contribution in [2.75, 3.05) is 13.6 Å². The summed E-state index contributed by atoms with van der Waals surface area (Å²) in [7, 11) is 1.82. The van der Waals surface area contributed by atoms with Gasteiger partial charge in [0, 0.05) is 10.4 Å². The van der Waals surface area contributed by atoms with E-state index in [-0.39, 0.29) is 5.01 Å². The average molecular weight is 300 g/mol. The Labute approximate surface area is 119 Å². The third-order valence-electron chi connectivity index (χ3n) is 2.74. The predicted molar refractivity (Wildman–Crippen MR) is 74.9 cm³/mol. The standard InChI is InChI=1S/C14H15F3N2S/c1-18-8-7-11-13(10-5-3-2-4-6-10)19-12(20-11)9-14(15,16)17/h2-6,18H,7-9H2,1H3. The van der Waals surface area contributed by atoms with Crippen LogP contribution < -0.4 is 5.32 Å². The summed E-state index contributed by atoms with van der Waals surface area (Å²) in [5.74, 6) is 0. The van der Waals surface area contributed by atoms with Crippen molar-refractivity contribution in [2.45, 2.75) is 19.0 Å². The number of rotatable bonds is 5. The number of hydrogen-bond acceptors (Lipinski definition) is 3. The van der Waals surface area contributed by atoms with Gasteiger partial charge in [-0.15, -0.1) is 11.3 Å². The van der Waals surface area contributed by atoms with E-state index in [1.165, 1.54) is 0 Å². The van der Waals surface area contributed by atoms with E-state index in [1.807, 2.05) is 37.4 Å². The molecule has 6 heteroatoms. The SMILES string of the molecule is CNCCc1sc(CC(F)(F)F)nc1-c1ccccc1. The molecule has 1 aromatic heterocycles. The van der Waals surface area contributed by atoms with Crippen molar-refractivity contribution in [2.24, 2.45) is 0 Å². The molecular weight excluding hydrogens is 285 g/mol. The minimum Gasteiger partial charge on any atom is -0.319 e. The van der Waals surface area contributed by atoms with Gasteiger partial charge in [0.1, 0.15) is 5.01 Å². The third kappa shape index (κ3) is 4.05. The number of benzene rings is 1. The van der Waals surface area contributed by atoms with Gasteiger partial charge in [0.15, 0.2) is 0 Å². The molecule has 0 spiro atoms. The third-order valence-corrected chi connectivity index (χ3v) is 3.86. The van der Waals surface area contributed by atoms with Crippen LogP contribution in [0.25, 0.3) is 11.3 Å². The fourth-order valence-electron chi connectivity index (χ4n) is 1.88. The molecule has 0 fully saturated rings. The molecule has 0 atom stereocenters. The van der Waals surface area contributed by atoms with E-state index in [2.05, 4.69) is 10.3 Å². The van der Waals surface area contributed by atoms with Crippen LogP contribution >= 0.6 is 11.3 Å². The van der Waals surface area contributed by atoms with Crippen molar-refractivity contribution in [3.8, 4) is 11.3 Å². The maximum Gasteiger partial charge on any atom is 0.395 e. The summed E-state index contributed by atoms with van der Waals surface area (Å²) in [5, 5.41) is 3.14. The van der Waals surface area contributed by atoms with Crippen LogP contribution in [-0.2, 0) is 12.8 Å². The first-order valence-electron chi connectivity index (χ1n) is 6.25. The van der Waals surface area contributed by atoms with Crippen LogP contribution in [0.3, 0.4) is 0 Å². The fraction of sp³-hybridized carbons (Fsp3) is 0.357. The zero-order valence-corrected chi connectivity index (χ0v) is 11.8. The van der Waals surface area contributed by atoms with Gasteiger partial charge in [0.05, 0.1) is 12.1 Å². The number of aromatic nitrogens is 1. The van der Waals surface area contributed by atoms with Crippen molar-refractivity contribution in [3.05, 3.63) is 40.2 Å². The van der Waals surface area contributed by atoms with Crippen molar-refractivity contribution in [3.63, 3.8) is 0 Å². The van der Waals surface area contributed by atoms with E-state index in [4.69, 9.17) is 0 Å². The first-order valence-corrected chi connectivity index (χ1v) is 7.06. The highest BCUT2D eigenvalue weighted by Crippen LogP contribution is 2.32. The number of nitrogens with zero attached hydrogens (tertiary/aromatic N) is 1. The van der Waals surface area contributed by atoms with E-state index < -0.39 is 12.6 Å². The Kier molecular flexibility index (Phi) is 4.77. The molecule has 1 aromatic carbocycles. The summed E-state index contributed by atoms with van der Waals surface area (Å²) in [5.41, 5.74) is 1.54. The summed E-state index contributed by atoms with van der Waals surface area (Å²) >= 11 is 1.15. The van der Waals surface area contributed by atoms with Crippen LogP contribution in [0.4, 0.5) is 13.2 Å². The van der Waals surface area contributed by atoms with Crippen LogP contribution in [0, 0.1) is 0 Å². The van der Waals surface area contributed by atoms with Gasteiger partial charge in [-0.2, -0.15) is 13.2 Å². The first kappa shape index (κ1) is 15.0. The molecule has 108 valence electrons. The average Bonchev–Trinajstić information content (AvgIpc) is 2.78. The van der Waals surface area contributed by atoms with Gasteiger partial charge in [-0.1, -0.05) is 30.3 Å². The number of thiazole rings is 1. The summed E-state index contributed by atoms with van der Waals surface area (Å²) in [6, 6.07) is 9.34. The molecule has 0 aliphatic rings. The minimum atomic E-state index is -4.22. The van der Waals surface area contributed by atoms with Gasteiger partial charge >= 0.3 is 6.18 Å². The van der Waals surface area contributed by atoms with Crippen LogP contribution in [0.5, 0.6) is 0 Å². The molecule has 0 saturated heterocycles. The lowest BCUT2D eigenvalue weighted by Crippen LogP contribution is -2.11. The topological polar surface area (TPSA) is 24.9 Å². The molecule has 0 bridgehead atoms. The van der Waals surface area contributed by atoms with E-state index in [1.54, 1.807) is 0 Å². The first-order chi connectivity index (χ1) is 9.49. The number of alkyl halides is 3. The highest BCUT2D eigenvalue weighted by Gasteiger charge is 2.30. The zero-order chi connectivity index (χ0) is 14.6. The summed E-state index contributed by atoms with van der Waals surface area (Å²) in [4.78, 5) is 5.08. The summed E-state index contributed by atoms with van der Waals surface area (Å²) in [6.07, 6.45) is -4.50. The van der Waals surface area contributed by atoms with E-state index in [0.717, 1.165) is 21.8 Å². The molecular formula is C14H15F3N2S. The quantitative estimate of drug-likeness (QED) is 0.911. The Morgan fingerprint density at radius 1 is 1.20 bits per heavy atom. The van der Waals surface area contributed by atoms with Crippen molar-refractivity contribution in [1.82, 2.24) is 10.3 Å². The lowest BCUT2D eigenvalue weighted by Gasteiger charge is -2.02. The predicted octanol–water partition coefficient (Wildman–Crippen LogP) is 3.68. The van der Waals surface area contributed by atoms with Crippen molar-refractivity contribution in [1.29, 1.82) is 0 Å². The summed E-state index contributed by atoms with van der Waals surface area (Å²) in [6.45, 7) is 0.716. The second-order valence-electron chi connectivity index (χ2n) is 4.39. The van der Waals surface area contributed by atoms with Gasteiger partial charge in [0.2, 0.25) is 0 Å². The Morgan fingerprint density at radius 3 is 2.50 bits per heavy atom. The molecule has 0 saturated carbocycles. The minimum absolute atomic E-state index is 0.127. The fourth-order valence-corrected chi connectivity index (χ4v) is 3.00. The van der Waals surface area contributed by atoms with Crippen molar-refractivity contribution >= 4 is 11.3 Å². The molecule has 0 amide bonds. The number of nitrogens with one attached hydrogen (secondary N) is 1. The lowest BCUT2D eigenvalue weighted by atomic mass is 10.1. The maximum atomic E-state index is 12.5. The highest BCUT2D eigenvalue weighted by molar-refractivity contribution is 7.12. The van der Waals surface area contributed by atoms with Crippen LogP contribution in [0.2, 0.25) is 0 Å². The Hall–Kier alpha value is -1.40. The van der Waals surface area contributed by atoms with Gasteiger partial charge in [-0.05, 0) is 20.0 Å². The molecule has 0 aliphatic heterocycles. The smallest absolute Gasteiger partial charge is 0.319 e. The lowest BCUT2D eigenvalue weighted by molar-refractivity contribution is -0.127. The second kappa shape index (κ2) is 6.37. The van der Waals surface area contributed by atoms with E-state index in [0.29, 0.717) is 18.7 Å². The molecule has 1 heterocycles. The van der Waals surface area contributed by atoms with Gasteiger partial charge in [0.25, 0.3) is 0 Å². The van der Waals surface area contributed by atoms with Gasteiger partial charge < -0.3 is 5.32 Å². The molecule has 20 heavy (non-hydrogen) atoms. The van der Waals surface area contributed by atoms with Crippen molar-refractivity contribution < 1.29 is 13.2 Å². The maximum absolute atomic E-state index is 12.5. The number of likely N-dealkylation sites (N-methyl/N-ethyl adjacent to an activating group) is 1. The van der Waals surface area contributed by atoms with Crippen LogP contribution in [0.15, 0.2) is 30.3 Å². The largest absolute Gasteiger partial charge is 0.395 e. The van der Waals surface area contributed by atoms with Gasteiger partial charge in [-0.25, -0.2) is 4.98 Å². The Balaban J connectivity index is 2.33. The second-order valence-corrected chi connectivity index (χ2v) is 5.56. The van der Waals surface area contributed by atoms with E-state index in [9.17, 15) is 13.2 Å². The monoisotopic (exact) mass is 300 g/mol. The molecule has 2 nitrogen and oxygen atoms in total. The highest BCUT2D eigenvalue weighted by atomic mass is 32.1. The molecule has 1 N–H and O–H groups in total. The van der Waals surface area contributed by atoms with Gasteiger partial charge in [-0.3, -0.25) is 0 Å². The molecule has 2 rings (SSSR count). The Morgan fingerprint density at radius 2 is 1.90 bits per heavy atom. The van der Waals surface area contributed by atoms with Crippen LogP contribution in [-0.4, -0.2) is 24.8 Å². The van der Waals surface area contributed by atoms with Crippen LogP contribution in [0.1, 0.15) is 9.88 Å². The number of halogens is 3. The molecule has 0 radical (unpaired) electrons.